The van der Waals surface area contributed by atoms with Crippen LogP contribution in [0, 0.1) is 0 Å². The molecule has 0 aliphatic carbocycles. The zero-order chi connectivity index (χ0) is 16.3. The molecule has 0 aliphatic heterocycles. The highest BCUT2D eigenvalue weighted by atomic mass is 16.8. The molecule has 5 nitrogen and oxygen atoms in total. The molecule has 2 atom stereocenters. The van der Waals surface area contributed by atoms with Crippen LogP contribution in [0.25, 0.3) is 0 Å². The van der Waals surface area contributed by atoms with Gasteiger partial charge in [0.2, 0.25) is 0 Å². The van der Waals surface area contributed by atoms with Gasteiger partial charge in [0, 0.05) is 0 Å². The maximum atomic E-state index is 9.74. The third-order valence-corrected chi connectivity index (χ3v) is 3.09. The van der Waals surface area contributed by atoms with Gasteiger partial charge in [-0.25, -0.2) is 0 Å². The summed E-state index contributed by atoms with van der Waals surface area (Å²) in [4.78, 5) is 0. The topological polar surface area (TPSA) is 68.2 Å². The summed E-state index contributed by atoms with van der Waals surface area (Å²) in [7, 11) is 0. The Morgan fingerprint density at radius 2 is 1.26 bits per heavy atom. The van der Waals surface area contributed by atoms with E-state index in [0.29, 0.717) is 6.61 Å². The Morgan fingerprint density at radius 3 is 1.87 bits per heavy atom. The Bertz CT molecular complexity index is 532. The minimum absolute atomic E-state index is 0.0647. The average Bonchev–Trinajstić information content (AvgIpc) is 2.60. The lowest BCUT2D eigenvalue weighted by Gasteiger charge is -2.16. The molecule has 2 aromatic rings. The standard InChI is InChI=1S/C18H22O5/c19-17(13-21-11-15-7-3-1-4-8-15)14-23-18(20)22-12-16-9-5-2-6-10-16/h1-10,17-20H,11-14H2. The average molecular weight is 318 g/mol. The van der Waals surface area contributed by atoms with Crippen molar-refractivity contribution >= 4 is 0 Å². The second-order valence-electron chi connectivity index (χ2n) is 5.09. The molecule has 0 aliphatic rings. The van der Waals surface area contributed by atoms with E-state index in [2.05, 4.69) is 0 Å². The van der Waals surface area contributed by atoms with E-state index in [4.69, 9.17) is 14.2 Å². The van der Waals surface area contributed by atoms with Gasteiger partial charge in [-0.1, -0.05) is 60.7 Å². The Balaban J connectivity index is 1.55. The fourth-order valence-electron chi connectivity index (χ4n) is 1.92. The molecule has 0 heterocycles. The second kappa shape index (κ2) is 10.1. The first-order valence-electron chi connectivity index (χ1n) is 7.49. The van der Waals surface area contributed by atoms with Crippen LogP contribution in [0.15, 0.2) is 60.7 Å². The zero-order valence-electron chi connectivity index (χ0n) is 12.9. The summed E-state index contributed by atoms with van der Waals surface area (Å²) in [6, 6.07) is 19.1. The smallest absolute Gasteiger partial charge is 0.269 e. The maximum Gasteiger partial charge on any atom is 0.269 e. The van der Waals surface area contributed by atoms with E-state index in [-0.39, 0.29) is 19.8 Å². The van der Waals surface area contributed by atoms with Crippen molar-refractivity contribution in [2.24, 2.45) is 0 Å². The lowest BCUT2D eigenvalue weighted by atomic mass is 10.2. The number of benzene rings is 2. The van der Waals surface area contributed by atoms with E-state index in [1.165, 1.54) is 0 Å². The molecule has 0 amide bonds. The van der Waals surface area contributed by atoms with Crippen LogP contribution in [0.5, 0.6) is 0 Å². The molecule has 23 heavy (non-hydrogen) atoms. The summed E-state index contributed by atoms with van der Waals surface area (Å²) in [6.07, 6.45) is -0.825. The molecule has 2 unspecified atom stereocenters. The number of aliphatic hydroxyl groups is 2. The van der Waals surface area contributed by atoms with E-state index in [0.717, 1.165) is 11.1 Å². The minimum atomic E-state index is -1.38. The van der Waals surface area contributed by atoms with Crippen LogP contribution < -0.4 is 0 Å². The van der Waals surface area contributed by atoms with Crippen LogP contribution in [0.3, 0.4) is 0 Å². The fraction of sp³-hybridized carbons (Fsp3) is 0.333. The fourth-order valence-corrected chi connectivity index (χ4v) is 1.92. The van der Waals surface area contributed by atoms with E-state index in [1.807, 2.05) is 60.7 Å². The third-order valence-electron chi connectivity index (χ3n) is 3.09. The molecular weight excluding hydrogens is 296 g/mol. The van der Waals surface area contributed by atoms with Gasteiger partial charge < -0.3 is 24.4 Å². The molecule has 0 bridgehead atoms. The van der Waals surface area contributed by atoms with Crippen LogP contribution in [0.4, 0.5) is 0 Å². The second-order valence-corrected chi connectivity index (χ2v) is 5.09. The highest BCUT2D eigenvalue weighted by molar-refractivity contribution is 5.14. The van der Waals surface area contributed by atoms with Gasteiger partial charge in [-0.15, -0.1) is 0 Å². The quantitative estimate of drug-likeness (QED) is 0.657. The largest absolute Gasteiger partial charge is 0.388 e. The van der Waals surface area contributed by atoms with Crippen molar-refractivity contribution in [2.75, 3.05) is 13.2 Å². The van der Waals surface area contributed by atoms with Gasteiger partial charge in [-0.05, 0) is 11.1 Å². The minimum Gasteiger partial charge on any atom is -0.388 e. The number of ether oxygens (including phenoxy) is 3. The highest BCUT2D eigenvalue weighted by Gasteiger charge is 2.10. The highest BCUT2D eigenvalue weighted by Crippen LogP contribution is 2.04. The molecule has 0 aromatic heterocycles. The number of aliphatic hydroxyl groups excluding tert-OH is 2. The Labute approximate surface area is 136 Å². The summed E-state index contributed by atoms with van der Waals surface area (Å²) >= 11 is 0. The van der Waals surface area contributed by atoms with Crippen molar-refractivity contribution in [2.45, 2.75) is 25.8 Å². The van der Waals surface area contributed by atoms with E-state index >= 15 is 0 Å². The van der Waals surface area contributed by atoms with Crippen LogP contribution in [-0.4, -0.2) is 36.0 Å². The van der Waals surface area contributed by atoms with E-state index < -0.39 is 12.6 Å². The van der Waals surface area contributed by atoms with Crippen LogP contribution in [-0.2, 0) is 27.4 Å². The monoisotopic (exact) mass is 318 g/mol. The Morgan fingerprint density at radius 1 is 0.696 bits per heavy atom. The Kier molecular flexibility index (Phi) is 7.72. The van der Waals surface area contributed by atoms with Crippen molar-refractivity contribution in [1.82, 2.24) is 0 Å². The zero-order valence-corrected chi connectivity index (χ0v) is 12.9. The lowest BCUT2D eigenvalue weighted by molar-refractivity contribution is -0.276. The van der Waals surface area contributed by atoms with Crippen LogP contribution in [0.2, 0.25) is 0 Å². The van der Waals surface area contributed by atoms with Gasteiger partial charge in [-0.3, -0.25) is 0 Å². The van der Waals surface area contributed by atoms with Gasteiger partial charge in [0.25, 0.3) is 6.48 Å². The molecule has 0 saturated carbocycles. The number of hydrogen-bond donors (Lipinski definition) is 2. The van der Waals surface area contributed by atoms with Gasteiger partial charge in [0.15, 0.2) is 0 Å². The van der Waals surface area contributed by atoms with Crippen molar-refractivity contribution in [1.29, 1.82) is 0 Å². The number of hydrogen-bond acceptors (Lipinski definition) is 5. The van der Waals surface area contributed by atoms with Gasteiger partial charge in [-0.2, -0.15) is 0 Å². The normalized spacial score (nSPS) is 13.7. The summed E-state index contributed by atoms with van der Waals surface area (Å²) < 4.78 is 15.6. The summed E-state index contributed by atoms with van der Waals surface area (Å²) in [6.45, 7) is -0.655. The van der Waals surface area contributed by atoms with Gasteiger partial charge in [0.1, 0.15) is 6.10 Å². The van der Waals surface area contributed by atoms with Gasteiger partial charge in [0.05, 0.1) is 26.4 Å². The molecule has 124 valence electrons. The van der Waals surface area contributed by atoms with Crippen LogP contribution >= 0.6 is 0 Å². The first kappa shape index (κ1) is 17.6. The van der Waals surface area contributed by atoms with E-state index in [1.54, 1.807) is 0 Å². The number of rotatable bonds is 10. The first-order chi connectivity index (χ1) is 11.2. The molecule has 0 saturated heterocycles. The van der Waals surface area contributed by atoms with E-state index in [9.17, 15) is 10.2 Å². The molecule has 0 spiro atoms. The van der Waals surface area contributed by atoms with Gasteiger partial charge >= 0.3 is 0 Å². The molecule has 2 N–H and O–H groups in total. The summed E-state index contributed by atoms with van der Waals surface area (Å²) in [5.74, 6) is 0. The molecule has 2 aromatic carbocycles. The van der Waals surface area contributed by atoms with Crippen molar-refractivity contribution < 1.29 is 24.4 Å². The van der Waals surface area contributed by atoms with Crippen molar-refractivity contribution in [3.8, 4) is 0 Å². The predicted molar refractivity (Wildman–Crippen MR) is 85.3 cm³/mol. The molecule has 0 radical (unpaired) electrons. The third kappa shape index (κ3) is 7.36. The predicted octanol–water partition coefficient (Wildman–Crippen LogP) is 2.07. The van der Waals surface area contributed by atoms with Crippen molar-refractivity contribution in [3.63, 3.8) is 0 Å². The Hall–Kier alpha value is -1.76. The SMILES string of the molecule is OC(COCc1ccccc1)COC(O)OCc1ccccc1. The summed E-state index contributed by atoms with van der Waals surface area (Å²) in [5.41, 5.74) is 1.97. The first-order valence-corrected chi connectivity index (χ1v) is 7.49. The maximum absolute atomic E-state index is 9.74. The lowest BCUT2D eigenvalue weighted by Crippen LogP contribution is -2.26. The summed E-state index contributed by atoms with van der Waals surface area (Å²) in [5, 5.41) is 19.3. The van der Waals surface area contributed by atoms with Crippen LogP contribution in [0.1, 0.15) is 11.1 Å². The molecule has 0 fully saturated rings. The van der Waals surface area contributed by atoms with Crippen molar-refractivity contribution in [3.05, 3.63) is 71.8 Å². The molecule has 5 heteroatoms. The molecular formula is C18H22O5. The molecule has 2 rings (SSSR count).